The number of nitrogens with one attached hydrogen (secondary N) is 1. The van der Waals surface area contributed by atoms with E-state index in [9.17, 15) is 0 Å². The number of hydrazine groups is 1. The Bertz CT molecular complexity index is 114. The zero-order chi connectivity index (χ0) is 8.81. The Labute approximate surface area is 75.9 Å². The van der Waals surface area contributed by atoms with Crippen LogP contribution >= 0.6 is 0 Å². The van der Waals surface area contributed by atoms with Crippen molar-refractivity contribution in [3.05, 3.63) is 0 Å². The minimum atomic E-state index is 0.590. The molecule has 0 aliphatic heterocycles. The second-order valence-electron chi connectivity index (χ2n) is 4.03. The Morgan fingerprint density at radius 1 is 1.25 bits per heavy atom. The van der Waals surface area contributed by atoms with Crippen LogP contribution in [0.1, 0.15) is 51.9 Å². The molecule has 0 spiro atoms. The second-order valence-corrected chi connectivity index (χ2v) is 4.03. The van der Waals surface area contributed by atoms with Gasteiger partial charge in [0.15, 0.2) is 0 Å². The molecule has 1 aliphatic carbocycles. The van der Waals surface area contributed by atoms with Crippen molar-refractivity contribution in [2.75, 3.05) is 0 Å². The quantitative estimate of drug-likeness (QED) is 0.387. The van der Waals surface area contributed by atoms with Gasteiger partial charge in [0.2, 0.25) is 0 Å². The lowest BCUT2D eigenvalue weighted by Gasteiger charge is -2.13. The molecular weight excluding hydrogens is 148 g/mol. The number of rotatable bonds is 3. The summed E-state index contributed by atoms with van der Waals surface area (Å²) in [6.45, 7) is 2.28. The van der Waals surface area contributed by atoms with Crippen LogP contribution in [0.3, 0.4) is 0 Å². The average molecular weight is 170 g/mol. The van der Waals surface area contributed by atoms with E-state index in [1.807, 2.05) is 0 Å². The Balaban J connectivity index is 2.24. The number of hydrogen-bond acceptors (Lipinski definition) is 2. The van der Waals surface area contributed by atoms with Crippen molar-refractivity contribution in [3.63, 3.8) is 0 Å². The van der Waals surface area contributed by atoms with E-state index in [2.05, 4.69) is 12.3 Å². The van der Waals surface area contributed by atoms with Gasteiger partial charge >= 0.3 is 0 Å². The molecule has 0 aromatic rings. The monoisotopic (exact) mass is 170 g/mol. The van der Waals surface area contributed by atoms with Gasteiger partial charge in [0.05, 0.1) is 0 Å². The van der Waals surface area contributed by atoms with Crippen molar-refractivity contribution in [2.45, 2.75) is 57.9 Å². The Morgan fingerprint density at radius 2 is 2.08 bits per heavy atom. The van der Waals surface area contributed by atoms with Crippen molar-refractivity contribution < 1.29 is 0 Å². The van der Waals surface area contributed by atoms with Crippen LogP contribution < -0.4 is 11.3 Å². The molecule has 0 saturated heterocycles. The molecule has 1 rings (SSSR count). The van der Waals surface area contributed by atoms with Gasteiger partial charge in [-0.05, 0) is 25.2 Å². The Morgan fingerprint density at radius 3 is 2.75 bits per heavy atom. The van der Waals surface area contributed by atoms with E-state index in [0.29, 0.717) is 6.04 Å². The third kappa shape index (κ3) is 3.11. The third-order valence-corrected chi connectivity index (χ3v) is 3.02. The SMILES string of the molecule is CCCC1CCCC(NN)CC1. The molecule has 1 fully saturated rings. The van der Waals surface area contributed by atoms with Gasteiger partial charge in [-0.2, -0.15) is 0 Å². The summed E-state index contributed by atoms with van der Waals surface area (Å²) in [5.74, 6) is 6.42. The van der Waals surface area contributed by atoms with Crippen molar-refractivity contribution in [3.8, 4) is 0 Å². The maximum atomic E-state index is 5.44. The van der Waals surface area contributed by atoms with Crippen LogP contribution in [0.4, 0.5) is 0 Å². The predicted molar refractivity (Wildman–Crippen MR) is 52.6 cm³/mol. The van der Waals surface area contributed by atoms with Crippen LogP contribution in [0.5, 0.6) is 0 Å². The summed E-state index contributed by atoms with van der Waals surface area (Å²) in [4.78, 5) is 0. The fraction of sp³-hybridized carbons (Fsp3) is 1.00. The summed E-state index contributed by atoms with van der Waals surface area (Å²) in [6.07, 6.45) is 9.47. The fourth-order valence-electron chi connectivity index (χ4n) is 2.24. The first-order valence-corrected chi connectivity index (χ1v) is 5.33. The maximum Gasteiger partial charge on any atom is 0.0210 e. The molecule has 2 atom stereocenters. The highest BCUT2D eigenvalue weighted by molar-refractivity contribution is 4.72. The predicted octanol–water partition coefficient (Wildman–Crippen LogP) is 2.20. The molecule has 2 unspecified atom stereocenters. The summed E-state index contributed by atoms with van der Waals surface area (Å²) in [6, 6.07) is 0.590. The molecule has 72 valence electrons. The van der Waals surface area contributed by atoms with Crippen LogP contribution in [0, 0.1) is 5.92 Å². The first kappa shape index (κ1) is 10.0. The fourth-order valence-corrected chi connectivity index (χ4v) is 2.24. The van der Waals surface area contributed by atoms with E-state index in [-0.39, 0.29) is 0 Å². The molecule has 2 heteroatoms. The minimum absolute atomic E-state index is 0.590. The topological polar surface area (TPSA) is 38.0 Å². The molecule has 0 aromatic heterocycles. The van der Waals surface area contributed by atoms with Crippen molar-refractivity contribution in [1.29, 1.82) is 0 Å². The van der Waals surface area contributed by atoms with Crippen molar-refractivity contribution >= 4 is 0 Å². The van der Waals surface area contributed by atoms with Crippen LogP contribution in [0.15, 0.2) is 0 Å². The largest absolute Gasteiger partial charge is 0.271 e. The third-order valence-electron chi connectivity index (χ3n) is 3.02. The second kappa shape index (κ2) is 5.55. The lowest BCUT2D eigenvalue weighted by Crippen LogP contribution is -2.34. The van der Waals surface area contributed by atoms with Gasteiger partial charge < -0.3 is 0 Å². The molecule has 1 saturated carbocycles. The molecule has 2 nitrogen and oxygen atoms in total. The molecule has 0 radical (unpaired) electrons. The molecule has 1 aliphatic rings. The molecule has 12 heavy (non-hydrogen) atoms. The summed E-state index contributed by atoms with van der Waals surface area (Å²) < 4.78 is 0. The standard InChI is InChI=1S/C10H22N2/c1-2-4-9-5-3-6-10(12-11)8-7-9/h9-10,12H,2-8,11H2,1H3. The normalized spacial score (nSPS) is 31.5. The number of hydrogen-bond donors (Lipinski definition) is 2. The summed E-state index contributed by atoms with van der Waals surface area (Å²) >= 11 is 0. The minimum Gasteiger partial charge on any atom is -0.271 e. The first-order chi connectivity index (χ1) is 5.86. The van der Waals surface area contributed by atoms with Crippen LogP contribution in [0.2, 0.25) is 0 Å². The molecular formula is C10H22N2. The van der Waals surface area contributed by atoms with Crippen molar-refractivity contribution in [2.24, 2.45) is 11.8 Å². The van der Waals surface area contributed by atoms with Gasteiger partial charge in [-0.1, -0.05) is 32.6 Å². The molecule has 0 heterocycles. The highest BCUT2D eigenvalue weighted by Gasteiger charge is 2.16. The Hall–Kier alpha value is -0.0800. The van der Waals surface area contributed by atoms with E-state index in [0.717, 1.165) is 5.92 Å². The van der Waals surface area contributed by atoms with E-state index in [1.165, 1.54) is 44.9 Å². The highest BCUT2D eigenvalue weighted by atomic mass is 15.2. The zero-order valence-corrected chi connectivity index (χ0v) is 8.18. The van der Waals surface area contributed by atoms with Crippen LogP contribution in [-0.4, -0.2) is 6.04 Å². The molecule has 3 N–H and O–H groups in total. The van der Waals surface area contributed by atoms with E-state index in [4.69, 9.17) is 5.84 Å². The van der Waals surface area contributed by atoms with Crippen LogP contribution in [0.25, 0.3) is 0 Å². The summed E-state index contributed by atoms with van der Waals surface area (Å²) in [5.41, 5.74) is 2.91. The van der Waals surface area contributed by atoms with Crippen LogP contribution in [-0.2, 0) is 0 Å². The zero-order valence-electron chi connectivity index (χ0n) is 8.18. The highest BCUT2D eigenvalue weighted by Crippen LogP contribution is 2.26. The van der Waals surface area contributed by atoms with Gasteiger partial charge in [0, 0.05) is 6.04 Å². The molecule has 0 bridgehead atoms. The number of nitrogens with two attached hydrogens (primary N) is 1. The maximum absolute atomic E-state index is 5.44. The average Bonchev–Trinajstić information content (AvgIpc) is 2.31. The van der Waals surface area contributed by atoms with E-state index < -0.39 is 0 Å². The molecule has 0 aromatic carbocycles. The van der Waals surface area contributed by atoms with Crippen molar-refractivity contribution in [1.82, 2.24) is 5.43 Å². The molecule has 0 amide bonds. The van der Waals surface area contributed by atoms with E-state index in [1.54, 1.807) is 0 Å². The van der Waals surface area contributed by atoms with Gasteiger partial charge in [-0.25, -0.2) is 0 Å². The Kier molecular flexibility index (Phi) is 4.62. The van der Waals surface area contributed by atoms with Gasteiger partial charge in [0.25, 0.3) is 0 Å². The summed E-state index contributed by atoms with van der Waals surface area (Å²) in [5, 5.41) is 0. The van der Waals surface area contributed by atoms with Gasteiger partial charge in [-0.3, -0.25) is 11.3 Å². The first-order valence-electron chi connectivity index (χ1n) is 5.33. The summed E-state index contributed by atoms with van der Waals surface area (Å²) in [7, 11) is 0. The van der Waals surface area contributed by atoms with Gasteiger partial charge in [-0.15, -0.1) is 0 Å². The lowest BCUT2D eigenvalue weighted by atomic mass is 9.95. The lowest BCUT2D eigenvalue weighted by molar-refractivity contribution is 0.412. The van der Waals surface area contributed by atoms with Gasteiger partial charge in [0.1, 0.15) is 0 Å². The van der Waals surface area contributed by atoms with E-state index >= 15 is 0 Å². The smallest absolute Gasteiger partial charge is 0.0210 e.